The number of carbonyl (C=O) groups excluding carboxylic acids is 1. The van der Waals surface area contributed by atoms with Crippen LogP contribution in [0.1, 0.15) is 21.6 Å². The number of anilines is 2. The molecule has 0 radical (unpaired) electrons. The monoisotopic (exact) mass is 634 g/mol. The lowest BCUT2D eigenvalue weighted by atomic mass is 10.2. The highest BCUT2D eigenvalue weighted by molar-refractivity contribution is 14.1. The Bertz CT molecular complexity index is 1390. The maximum Gasteiger partial charge on any atom is 0.280 e. The van der Waals surface area contributed by atoms with Crippen LogP contribution in [-0.4, -0.2) is 34.9 Å². The van der Waals surface area contributed by atoms with E-state index in [1.54, 1.807) is 11.3 Å². The summed E-state index contributed by atoms with van der Waals surface area (Å²) < 4.78 is 2.40. The minimum atomic E-state index is -0.634. The van der Waals surface area contributed by atoms with E-state index in [-0.39, 0.29) is 28.4 Å². The average molecular weight is 635 g/mol. The van der Waals surface area contributed by atoms with Gasteiger partial charge in [-0.2, -0.15) is 0 Å². The van der Waals surface area contributed by atoms with E-state index in [0.29, 0.717) is 19.6 Å². The van der Waals surface area contributed by atoms with Crippen molar-refractivity contribution in [3.05, 3.63) is 79.5 Å². The lowest BCUT2D eigenvalue weighted by molar-refractivity contribution is 0.0972. The summed E-state index contributed by atoms with van der Waals surface area (Å²) in [7, 11) is 0. The van der Waals surface area contributed by atoms with E-state index in [1.165, 1.54) is 15.6 Å². The van der Waals surface area contributed by atoms with Gasteiger partial charge in [-0.3, -0.25) is 15.1 Å². The number of benzene rings is 2. The second-order valence-corrected chi connectivity index (χ2v) is 10.2. The third-order valence-electron chi connectivity index (χ3n) is 5.16. The van der Waals surface area contributed by atoms with Crippen molar-refractivity contribution < 1.29 is 4.79 Å². The number of nitrogens with zero attached hydrogens (tertiary/aromatic N) is 3. The Labute approximate surface area is 230 Å². The molecule has 2 heterocycles. The van der Waals surface area contributed by atoms with Crippen LogP contribution in [0.4, 0.5) is 11.6 Å². The molecule has 0 unspecified atom stereocenters. The normalized spacial score (nSPS) is 11.6. The van der Waals surface area contributed by atoms with Gasteiger partial charge in [0, 0.05) is 27.9 Å². The Morgan fingerprint density at radius 1 is 1.11 bits per heavy atom. The first-order valence-corrected chi connectivity index (χ1v) is 13.3. The number of aliphatic imine (C=N–C) groups is 1. The highest BCUT2D eigenvalue weighted by atomic mass is 127. The molecule has 0 saturated carbocycles. The summed E-state index contributed by atoms with van der Waals surface area (Å²) in [4.78, 5) is 25.0. The first kappa shape index (κ1) is 26.1. The molecule has 36 heavy (non-hydrogen) atoms. The number of rotatable bonds is 9. The second-order valence-electron chi connectivity index (χ2n) is 7.73. The van der Waals surface area contributed by atoms with Crippen LogP contribution >= 0.6 is 45.5 Å². The Balaban J connectivity index is 1.26. The number of amides is 1. The van der Waals surface area contributed by atoms with E-state index in [4.69, 9.17) is 23.1 Å². The van der Waals surface area contributed by atoms with Gasteiger partial charge >= 0.3 is 0 Å². The molecule has 12 heteroatoms. The van der Waals surface area contributed by atoms with Crippen molar-refractivity contribution in [3.8, 4) is 0 Å². The molecule has 0 aliphatic carbocycles. The molecule has 0 aliphatic rings. The zero-order chi connectivity index (χ0) is 25.5. The van der Waals surface area contributed by atoms with E-state index in [2.05, 4.69) is 71.0 Å². The predicted molar refractivity (Wildman–Crippen MR) is 155 cm³/mol. The van der Waals surface area contributed by atoms with E-state index >= 15 is 0 Å². The molecule has 7 N–H and O–H groups in total. The van der Waals surface area contributed by atoms with Crippen LogP contribution in [0.2, 0.25) is 5.15 Å². The molecule has 2 aromatic carbocycles. The molecule has 186 valence electrons. The SMILES string of the molecule is NC(=NCCNCc1csc2ccccc12)NC(=O)c1nc(Cl)c(NCc2ccc(I)cc2)nc1N. The number of nitrogen functional groups attached to an aromatic ring is 1. The van der Waals surface area contributed by atoms with Crippen LogP contribution in [0.25, 0.3) is 10.1 Å². The molecule has 1 amide bonds. The predicted octanol–water partition coefficient (Wildman–Crippen LogP) is 3.98. The molecule has 0 aliphatic heterocycles. The molecule has 0 spiro atoms. The summed E-state index contributed by atoms with van der Waals surface area (Å²) in [6.07, 6.45) is 0. The standard InChI is InChI=1S/C24H24ClIN8OS/c25-20-22(31-11-14-5-7-16(26)8-6-14)33-21(27)19(32-20)23(35)34-24(28)30-10-9-29-12-15-13-36-18-4-2-1-3-17(15)18/h1-8,13,29H,9-12H2,(H3,27,31,33)(H3,28,30,34,35). The third kappa shape index (κ3) is 6.81. The van der Waals surface area contributed by atoms with Gasteiger partial charge in [0.15, 0.2) is 28.4 Å². The van der Waals surface area contributed by atoms with Crippen LogP contribution in [0.5, 0.6) is 0 Å². The van der Waals surface area contributed by atoms with Gasteiger partial charge in [0.05, 0.1) is 6.54 Å². The van der Waals surface area contributed by atoms with Crippen LogP contribution in [0.3, 0.4) is 0 Å². The van der Waals surface area contributed by atoms with E-state index in [1.807, 2.05) is 36.4 Å². The first-order valence-electron chi connectivity index (χ1n) is 11.0. The third-order valence-corrected chi connectivity index (χ3v) is 7.15. The zero-order valence-electron chi connectivity index (χ0n) is 19.1. The van der Waals surface area contributed by atoms with Gasteiger partial charge in [0.1, 0.15) is 0 Å². The van der Waals surface area contributed by atoms with Crippen molar-refractivity contribution in [2.24, 2.45) is 10.7 Å². The largest absolute Gasteiger partial charge is 0.382 e. The van der Waals surface area contributed by atoms with Crippen molar-refractivity contribution in [2.45, 2.75) is 13.1 Å². The summed E-state index contributed by atoms with van der Waals surface area (Å²) in [6.45, 7) is 2.18. The number of nitrogens with one attached hydrogen (secondary N) is 3. The maximum absolute atomic E-state index is 12.6. The lowest BCUT2D eigenvalue weighted by Gasteiger charge is -2.11. The number of hydrogen-bond acceptors (Lipinski definition) is 8. The number of guanidine groups is 1. The summed E-state index contributed by atoms with van der Waals surface area (Å²) in [5, 5.41) is 12.3. The molecule has 0 bridgehead atoms. The fourth-order valence-electron chi connectivity index (χ4n) is 3.36. The second kappa shape index (κ2) is 12.3. The van der Waals surface area contributed by atoms with Crippen molar-refractivity contribution in [1.82, 2.24) is 20.6 Å². The van der Waals surface area contributed by atoms with Crippen molar-refractivity contribution in [2.75, 3.05) is 24.1 Å². The molecule has 0 atom stereocenters. The Hall–Kier alpha value is -3.00. The van der Waals surface area contributed by atoms with Gasteiger partial charge in [0.25, 0.3) is 5.91 Å². The quantitative estimate of drug-likeness (QED) is 0.0811. The number of fused-ring (bicyclic) bond motifs is 1. The topological polar surface area (TPSA) is 143 Å². The van der Waals surface area contributed by atoms with Crippen molar-refractivity contribution in [1.29, 1.82) is 0 Å². The Kier molecular flexibility index (Phi) is 8.91. The number of aromatic nitrogens is 2. The Morgan fingerprint density at radius 2 is 1.89 bits per heavy atom. The van der Waals surface area contributed by atoms with Gasteiger partial charge in [-0.15, -0.1) is 11.3 Å². The fourth-order valence-corrected chi connectivity index (χ4v) is 4.87. The number of thiophene rings is 1. The highest BCUT2D eigenvalue weighted by Gasteiger charge is 2.17. The molecular formula is C24H24ClIN8OS. The average Bonchev–Trinajstić information content (AvgIpc) is 3.28. The first-order chi connectivity index (χ1) is 17.4. The molecular weight excluding hydrogens is 611 g/mol. The molecule has 0 saturated heterocycles. The molecule has 9 nitrogen and oxygen atoms in total. The highest BCUT2D eigenvalue weighted by Crippen LogP contribution is 2.25. The summed E-state index contributed by atoms with van der Waals surface area (Å²) >= 11 is 10.2. The van der Waals surface area contributed by atoms with Crippen molar-refractivity contribution >= 4 is 79.1 Å². The Morgan fingerprint density at radius 3 is 2.69 bits per heavy atom. The van der Waals surface area contributed by atoms with Crippen LogP contribution in [-0.2, 0) is 13.1 Å². The summed E-state index contributed by atoms with van der Waals surface area (Å²) in [6, 6.07) is 16.3. The summed E-state index contributed by atoms with van der Waals surface area (Å²) in [5.74, 6) is -0.457. The van der Waals surface area contributed by atoms with Crippen LogP contribution in [0.15, 0.2) is 58.9 Å². The van der Waals surface area contributed by atoms with Gasteiger partial charge in [-0.25, -0.2) is 9.97 Å². The number of halogens is 2. The number of nitrogens with two attached hydrogens (primary N) is 2. The van der Waals surface area contributed by atoms with E-state index in [9.17, 15) is 4.79 Å². The molecule has 2 aromatic heterocycles. The summed E-state index contributed by atoms with van der Waals surface area (Å²) in [5.41, 5.74) is 14.0. The lowest BCUT2D eigenvalue weighted by Crippen LogP contribution is -2.38. The number of hydrogen-bond donors (Lipinski definition) is 5. The van der Waals surface area contributed by atoms with Gasteiger partial charge in [-0.05, 0) is 62.7 Å². The van der Waals surface area contributed by atoms with E-state index in [0.717, 1.165) is 15.7 Å². The fraction of sp³-hybridized carbons (Fsp3) is 0.167. The smallest absolute Gasteiger partial charge is 0.280 e. The number of carbonyl (C=O) groups is 1. The van der Waals surface area contributed by atoms with Gasteiger partial charge in [-0.1, -0.05) is 41.9 Å². The van der Waals surface area contributed by atoms with Crippen LogP contribution < -0.4 is 27.4 Å². The molecule has 4 rings (SSSR count). The zero-order valence-corrected chi connectivity index (χ0v) is 22.8. The van der Waals surface area contributed by atoms with Crippen LogP contribution in [0, 0.1) is 3.57 Å². The van der Waals surface area contributed by atoms with Gasteiger partial charge < -0.3 is 22.1 Å². The van der Waals surface area contributed by atoms with E-state index < -0.39 is 5.91 Å². The minimum Gasteiger partial charge on any atom is -0.382 e. The molecule has 4 aromatic rings. The minimum absolute atomic E-state index is 0.0283. The maximum atomic E-state index is 12.6. The molecule has 0 fully saturated rings. The van der Waals surface area contributed by atoms with Gasteiger partial charge in [0.2, 0.25) is 0 Å². The van der Waals surface area contributed by atoms with Crippen molar-refractivity contribution in [3.63, 3.8) is 0 Å².